The summed E-state index contributed by atoms with van der Waals surface area (Å²) in [7, 11) is 0. The number of benzene rings is 4. The smallest absolute Gasteiger partial charge is 0.000197 e. The van der Waals surface area contributed by atoms with E-state index in [1.54, 1.807) is 5.57 Å². The molecule has 0 saturated heterocycles. The number of hydrogen-bond donors (Lipinski definition) is 0. The summed E-state index contributed by atoms with van der Waals surface area (Å²) >= 11 is 0. The summed E-state index contributed by atoms with van der Waals surface area (Å²) in [6.45, 7) is 16.7. The lowest BCUT2D eigenvalue weighted by Crippen LogP contribution is -2.45. The Morgan fingerprint density at radius 3 is 1.82 bits per heavy atom. The van der Waals surface area contributed by atoms with Gasteiger partial charge in [0, 0.05) is 5.92 Å². The van der Waals surface area contributed by atoms with E-state index in [0.29, 0.717) is 5.92 Å². The second-order valence-corrected chi connectivity index (χ2v) is 18.6. The van der Waals surface area contributed by atoms with Crippen molar-refractivity contribution in [3.8, 4) is 0 Å². The van der Waals surface area contributed by atoms with Crippen LogP contribution in [0.3, 0.4) is 0 Å². The van der Waals surface area contributed by atoms with Gasteiger partial charge in [-0.25, -0.2) is 0 Å². The van der Waals surface area contributed by atoms with Crippen LogP contribution in [0.25, 0.3) is 17.2 Å². The molecule has 6 aliphatic carbocycles. The van der Waals surface area contributed by atoms with Crippen LogP contribution in [0.5, 0.6) is 0 Å². The van der Waals surface area contributed by atoms with Crippen LogP contribution >= 0.6 is 0 Å². The largest absolute Gasteiger partial charge is 0.0737 e. The first-order valence-corrected chi connectivity index (χ1v) is 19.5. The van der Waals surface area contributed by atoms with Crippen molar-refractivity contribution in [3.05, 3.63) is 157 Å². The monoisotopic (exact) mass is 653 g/mol. The maximum atomic E-state index is 4.07. The van der Waals surface area contributed by atoms with Crippen LogP contribution in [-0.2, 0) is 10.8 Å². The predicted molar refractivity (Wildman–Crippen MR) is 210 cm³/mol. The Balaban J connectivity index is 1.40. The zero-order valence-corrected chi connectivity index (χ0v) is 31.2. The van der Waals surface area contributed by atoms with Crippen molar-refractivity contribution in [1.29, 1.82) is 0 Å². The first kappa shape index (κ1) is 32.0. The Morgan fingerprint density at radius 1 is 0.660 bits per heavy atom. The Labute approximate surface area is 300 Å². The lowest BCUT2D eigenvalue weighted by Gasteiger charge is -2.54. The molecule has 4 aromatic carbocycles. The molecular weight excluding hydrogens is 601 g/mol. The van der Waals surface area contributed by atoms with E-state index in [1.165, 1.54) is 97.5 Å². The van der Waals surface area contributed by atoms with Gasteiger partial charge in [-0.2, -0.15) is 0 Å². The summed E-state index contributed by atoms with van der Waals surface area (Å²) in [6, 6.07) is 32.0. The van der Waals surface area contributed by atoms with E-state index >= 15 is 0 Å². The third-order valence-electron chi connectivity index (χ3n) is 13.1. The van der Waals surface area contributed by atoms with Gasteiger partial charge >= 0.3 is 0 Å². The molecule has 0 aromatic heterocycles. The summed E-state index contributed by atoms with van der Waals surface area (Å²) in [6.07, 6.45) is 16.8. The predicted octanol–water partition coefficient (Wildman–Crippen LogP) is 10.9. The molecule has 50 heavy (non-hydrogen) atoms. The average molecular weight is 654 g/mol. The molecule has 0 amide bonds. The average Bonchev–Trinajstić information content (AvgIpc) is 3.63. The molecule has 10 rings (SSSR count). The van der Waals surface area contributed by atoms with Crippen LogP contribution in [-0.4, -0.2) is 0 Å². The van der Waals surface area contributed by atoms with E-state index in [2.05, 4.69) is 152 Å². The summed E-state index contributed by atoms with van der Waals surface area (Å²) in [5.74, 6) is 4.81. The van der Waals surface area contributed by atoms with Crippen LogP contribution in [0.15, 0.2) is 103 Å². The first-order chi connectivity index (χ1) is 23.9. The van der Waals surface area contributed by atoms with Gasteiger partial charge in [0.25, 0.3) is 0 Å². The molecule has 1 atom stereocenters. The number of hydrogen-bond acceptors (Lipinski definition) is 0. The van der Waals surface area contributed by atoms with Crippen molar-refractivity contribution in [1.82, 2.24) is 0 Å². The third kappa shape index (κ3) is 5.23. The molecule has 253 valence electrons. The van der Waals surface area contributed by atoms with Gasteiger partial charge in [0.15, 0.2) is 0 Å². The highest BCUT2D eigenvalue weighted by molar-refractivity contribution is 5.89. The lowest BCUT2D eigenvalue weighted by atomic mass is 9.50. The Kier molecular flexibility index (Phi) is 7.41. The highest BCUT2D eigenvalue weighted by atomic mass is 14.5. The number of fused-ring (bicyclic) bond motifs is 2. The van der Waals surface area contributed by atoms with Gasteiger partial charge in [-0.05, 0) is 162 Å². The molecule has 4 fully saturated rings. The number of allylic oxidation sites excluding steroid dienone is 4. The summed E-state index contributed by atoms with van der Waals surface area (Å²) in [4.78, 5) is 0. The quantitative estimate of drug-likeness (QED) is 0.181. The van der Waals surface area contributed by atoms with Gasteiger partial charge in [-0.3, -0.25) is 0 Å². The molecule has 0 aliphatic heterocycles. The number of rotatable bonds is 4. The Hall–Kier alpha value is -3.90. The Morgan fingerprint density at radius 2 is 1.26 bits per heavy atom. The van der Waals surface area contributed by atoms with Crippen molar-refractivity contribution in [2.75, 3.05) is 0 Å². The second-order valence-electron chi connectivity index (χ2n) is 18.6. The normalized spacial score (nSPS) is 26.3. The molecule has 0 heterocycles. The highest BCUT2D eigenvalue weighted by Crippen LogP contribution is 2.59. The SMILES string of the molecule is CC1C=C(C2C3CC4CC(C3)CC2C4)C=C1c1c2c(cc(C(C)(C)C)c1=C(c1ccccc1)c1ccccc1)=c1cc(C(C)(C)C)ccc1=[C]2. The minimum atomic E-state index is -0.0849. The second kappa shape index (κ2) is 11.6. The summed E-state index contributed by atoms with van der Waals surface area (Å²) < 4.78 is 0. The van der Waals surface area contributed by atoms with E-state index in [-0.39, 0.29) is 10.8 Å². The van der Waals surface area contributed by atoms with Crippen molar-refractivity contribution >= 4 is 17.2 Å². The van der Waals surface area contributed by atoms with Crippen LogP contribution in [0.2, 0.25) is 0 Å². The van der Waals surface area contributed by atoms with E-state index < -0.39 is 0 Å². The molecular formula is C50H53. The van der Waals surface area contributed by atoms with Gasteiger partial charge in [-0.1, -0.05) is 133 Å². The van der Waals surface area contributed by atoms with E-state index in [9.17, 15) is 0 Å². The zero-order valence-electron chi connectivity index (χ0n) is 31.2. The van der Waals surface area contributed by atoms with E-state index in [1.807, 2.05) is 0 Å². The van der Waals surface area contributed by atoms with Crippen LogP contribution in [0.4, 0.5) is 0 Å². The molecule has 4 aromatic rings. The molecule has 0 heteroatoms. The standard InChI is InChI=1S/C50H53/c1-30-20-36(45-37-22-31-21-32(24-37)25-38(45)23-31)27-40(30)47-43-26-35-18-19-39(49(2,3)4)28-41(35)42(43)29-44(50(5,6)7)48(47)46(33-14-10-8-11-15-33)34-16-12-9-13-17-34/h8-20,27-32,37-38,45H,21-25H2,1-7H3. The molecule has 0 N–H and O–H groups in total. The molecule has 1 radical (unpaired) electrons. The molecule has 6 aliphatic rings. The van der Waals surface area contributed by atoms with Crippen LogP contribution in [0.1, 0.15) is 114 Å². The van der Waals surface area contributed by atoms with E-state index in [4.69, 9.17) is 0 Å². The molecule has 0 spiro atoms. The topological polar surface area (TPSA) is 0 Å². The van der Waals surface area contributed by atoms with Crippen molar-refractivity contribution in [2.45, 2.75) is 91.4 Å². The van der Waals surface area contributed by atoms with Gasteiger partial charge in [0.1, 0.15) is 0 Å². The zero-order chi connectivity index (χ0) is 34.5. The van der Waals surface area contributed by atoms with Gasteiger partial charge < -0.3 is 0 Å². The maximum absolute atomic E-state index is 4.07. The fourth-order valence-electron chi connectivity index (χ4n) is 11.0. The van der Waals surface area contributed by atoms with Gasteiger partial charge in [0.2, 0.25) is 0 Å². The maximum Gasteiger partial charge on any atom is 0.000197 e. The minimum Gasteiger partial charge on any atom is -0.0737 e. The van der Waals surface area contributed by atoms with Crippen LogP contribution < -0.4 is 10.4 Å². The molecule has 4 saturated carbocycles. The molecule has 0 nitrogen and oxygen atoms in total. The minimum absolute atomic E-state index is 0.0783. The summed E-state index contributed by atoms with van der Waals surface area (Å²) in [5, 5.41) is 5.31. The molecule has 4 bridgehead atoms. The molecule has 1 unspecified atom stereocenters. The van der Waals surface area contributed by atoms with E-state index in [0.717, 1.165) is 29.6 Å². The van der Waals surface area contributed by atoms with Crippen molar-refractivity contribution < 1.29 is 0 Å². The summed E-state index contributed by atoms with van der Waals surface area (Å²) in [5.41, 5.74) is 12.5. The lowest BCUT2D eigenvalue weighted by molar-refractivity contribution is -0.0194. The fourth-order valence-corrected chi connectivity index (χ4v) is 11.0. The van der Waals surface area contributed by atoms with Crippen LogP contribution in [0, 0.1) is 45.9 Å². The van der Waals surface area contributed by atoms with Crippen molar-refractivity contribution in [2.24, 2.45) is 35.5 Å². The highest BCUT2D eigenvalue weighted by Gasteiger charge is 2.49. The first-order valence-electron chi connectivity index (χ1n) is 19.5. The van der Waals surface area contributed by atoms with Gasteiger partial charge in [0.05, 0.1) is 0 Å². The fraction of sp³-hybridized carbons (Fsp3) is 0.400. The van der Waals surface area contributed by atoms with Crippen molar-refractivity contribution in [3.63, 3.8) is 0 Å². The Bertz CT molecular complexity index is 2210. The van der Waals surface area contributed by atoms with Gasteiger partial charge in [-0.15, -0.1) is 0 Å². The third-order valence-corrected chi connectivity index (χ3v) is 13.1.